The van der Waals surface area contributed by atoms with Gasteiger partial charge in [-0.3, -0.25) is 0 Å². The van der Waals surface area contributed by atoms with E-state index >= 15 is 0 Å². The summed E-state index contributed by atoms with van der Waals surface area (Å²) in [5.74, 6) is -0.210. The number of rotatable bonds is 2. The van der Waals surface area contributed by atoms with Gasteiger partial charge in [-0.15, -0.1) is 0 Å². The van der Waals surface area contributed by atoms with Gasteiger partial charge < -0.3 is 14.8 Å². The van der Waals surface area contributed by atoms with Gasteiger partial charge in [-0.25, -0.2) is 4.39 Å². The molecule has 0 atom stereocenters. The number of aryl methyl sites for hydroxylation is 1. The van der Waals surface area contributed by atoms with Crippen molar-refractivity contribution in [3.63, 3.8) is 0 Å². The largest absolute Gasteiger partial charge is 0.497 e. The molecule has 0 spiro atoms. The maximum atomic E-state index is 12.8. The number of halogens is 1. The van der Waals surface area contributed by atoms with E-state index < -0.39 is 12.9 Å². The molecule has 1 aromatic rings. The van der Waals surface area contributed by atoms with Crippen LogP contribution >= 0.6 is 0 Å². The van der Waals surface area contributed by atoms with Gasteiger partial charge in [0.2, 0.25) is 0 Å². The van der Waals surface area contributed by atoms with Gasteiger partial charge in [-0.1, -0.05) is 0 Å². The Morgan fingerprint density at radius 1 is 1.38 bits per heavy atom. The van der Waals surface area contributed by atoms with Crippen LogP contribution in [0.25, 0.3) is 0 Å². The lowest BCUT2D eigenvalue weighted by atomic mass is 9.78. The summed E-state index contributed by atoms with van der Waals surface area (Å²) in [7, 11) is -0.323. The molecule has 13 heavy (non-hydrogen) atoms. The first-order valence-electron chi connectivity index (χ1n) is 3.76. The molecule has 0 aliphatic carbocycles. The molecular formula is C8H10BFO3. The second kappa shape index (κ2) is 3.76. The van der Waals surface area contributed by atoms with E-state index in [0.717, 1.165) is 6.07 Å². The SMILES string of the molecule is COc1c(C)cc(F)cc1B(O)O. The van der Waals surface area contributed by atoms with Gasteiger partial charge in [0.1, 0.15) is 11.6 Å². The molecule has 0 aliphatic rings. The average molecular weight is 184 g/mol. The summed E-state index contributed by atoms with van der Waals surface area (Å²) < 4.78 is 17.7. The Labute approximate surface area is 75.9 Å². The van der Waals surface area contributed by atoms with Crippen LogP contribution < -0.4 is 10.2 Å². The second-order valence-corrected chi connectivity index (χ2v) is 2.72. The van der Waals surface area contributed by atoms with Crippen LogP contribution in [0.2, 0.25) is 0 Å². The van der Waals surface area contributed by atoms with Crippen molar-refractivity contribution < 1.29 is 19.2 Å². The quantitative estimate of drug-likeness (QED) is 0.627. The first-order valence-corrected chi connectivity index (χ1v) is 3.76. The van der Waals surface area contributed by atoms with Gasteiger partial charge in [0.25, 0.3) is 0 Å². The minimum Gasteiger partial charge on any atom is -0.497 e. The lowest BCUT2D eigenvalue weighted by Gasteiger charge is -2.10. The molecule has 0 unspecified atom stereocenters. The highest BCUT2D eigenvalue weighted by Gasteiger charge is 2.19. The molecule has 0 aromatic heterocycles. The first-order chi connectivity index (χ1) is 6.06. The van der Waals surface area contributed by atoms with E-state index in [1.165, 1.54) is 13.2 Å². The normalized spacial score (nSPS) is 9.92. The molecule has 5 heteroatoms. The van der Waals surface area contributed by atoms with E-state index in [9.17, 15) is 4.39 Å². The van der Waals surface area contributed by atoms with Crippen LogP contribution in [0.15, 0.2) is 12.1 Å². The molecule has 1 aromatic carbocycles. The fourth-order valence-electron chi connectivity index (χ4n) is 1.23. The topological polar surface area (TPSA) is 49.7 Å². The number of ether oxygens (including phenoxy) is 1. The van der Waals surface area contributed by atoms with Gasteiger partial charge in [0.15, 0.2) is 0 Å². The molecule has 70 valence electrons. The third-order valence-corrected chi connectivity index (χ3v) is 1.75. The Bertz CT molecular complexity index is 315. The third-order valence-electron chi connectivity index (χ3n) is 1.75. The van der Waals surface area contributed by atoms with Gasteiger partial charge in [0, 0.05) is 5.46 Å². The van der Waals surface area contributed by atoms with Crippen molar-refractivity contribution in [2.75, 3.05) is 7.11 Å². The molecule has 0 saturated carbocycles. The number of methoxy groups -OCH3 is 1. The monoisotopic (exact) mass is 184 g/mol. The lowest BCUT2D eigenvalue weighted by molar-refractivity contribution is 0.400. The van der Waals surface area contributed by atoms with Gasteiger partial charge >= 0.3 is 7.12 Å². The fraction of sp³-hybridized carbons (Fsp3) is 0.250. The van der Waals surface area contributed by atoms with Crippen molar-refractivity contribution in [2.24, 2.45) is 0 Å². The van der Waals surface area contributed by atoms with Crippen molar-refractivity contribution in [1.29, 1.82) is 0 Å². The van der Waals surface area contributed by atoms with E-state index in [2.05, 4.69) is 0 Å². The smallest absolute Gasteiger partial charge is 0.492 e. The van der Waals surface area contributed by atoms with Crippen LogP contribution in [0.1, 0.15) is 5.56 Å². The van der Waals surface area contributed by atoms with Gasteiger partial charge in [-0.05, 0) is 24.6 Å². The van der Waals surface area contributed by atoms with E-state index in [0.29, 0.717) is 11.3 Å². The Morgan fingerprint density at radius 3 is 2.46 bits per heavy atom. The first kappa shape index (κ1) is 10.0. The summed E-state index contributed by atoms with van der Waals surface area (Å²) in [5.41, 5.74) is 0.575. The molecule has 0 fully saturated rings. The second-order valence-electron chi connectivity index (χ2n) is 2.72. The van der Waals surface area contributed by atoms with Crippen LogP contribution in [0, 0.1) is 12.7 Å². The molecule has 0 radical (unpaired) electrons. The van der Waals surface area contributed by atoms with Crippen molar-refractivity contribution in [1.82, 2.24) is 0 Å². The molecule has 0 saturated heterocycles. The minimum atomic E-state index is -1.72. The van der Waals surface area contributed by atoms with Gasteiger partial charge in [0.05, 0.1) is 7.11 Å². The average Bonchev–Trinajstić information content (AvgIpc) is 2.02. The molecule has 1 rings (SSSR count). The third kappa shape index (κ3) is 1.99. The molecule has 0 aliphatic heterocycles. The Balaban J connectivity index is 3.29. The van der Waals surface area contributed by atoms with E-state index in [1.54, 1.807) is 6.92 Å². The fourth-order valence-corrected chi connectivity index (χ4v) is 1.23. The zero-order valence-corrected chi connectivity index (χ0v) is 7.41. The van der Waals surface area contributed by atoms with Crippen LogP contribution in [-0.4, -0.2) is 24.3 Å². The summed E-state index contributed by atoms with van der Waals surface area (Å²) >= 11 is 0. The lowest BCUT2D eigenvalue weighted by Crippen LogP contribution is -2.32. The van der Waals surface area contributed by atoms with Crippen LogP contribution in [0.5, 0.6) is 5.75 Å². The highest BCUT2D eigenvalue weighted by atomic mass is 19.1. The van der Waals surface area contributed by atoms with Gasteiger partial charge in [-0.2, -0.15) is 0 Å². The standard InChI is InChI=1S/C8H10BFO3/c1-5-3-6(10)4-7(9(11)12)8(5)13-2/h3-4,11-12H,1-2H3. The molecular weight excluding hydrogens is 174 g/mol. The summed E-state index contributed by atoms with van der Waals surface area (Å²) in [4.78, 5) is 0. The predicted octanol–water partition coefficient (Wildman–Crippen LogP) is -0.177. The van der Waals surface area contributed by atoms with E-state index in [1.807, 2.05) is 0 Å². The molecule has 3 nitrogen and oxygen atoms in total. The Morgan fingerprint density at radius 2 is 2.00 bits per heavy atom. The van der Waals surface area contributed by atoms with Crippen LogP contribution in [0.4, 0.5) is 4.39 Å². The Kier molecular flexibility index (Phi) is 2.90. The maximum absolute atomic E-state index is 12.8. The van der Waals surface area contributed by atoms with E-state index in [4.69, 9.17) is 14.8 Å². The number of hydrogen-bond acceptors (Lipinski definition) is 3. The molecule has 2 N–H and O–H groups in total. The molecule has 0 amide bonds. The Hall–Kier alpha value is -1.07. The summed E-state index contributed by atoms with van der Waals surface area (Å²) in [5, 5.41) is 17.8. The summed E-state index contributed by atoms with van der Waals surface area (Å²) in [6.07, 6.45) is 0. The van der Waals surface area contributed by atoms with E-state index in [-0.39, 0.29) is 5.46 Å². The minimum absolute atomic E-state index is 0.0417. The van der Waals surface area contributed by atoms with Crippen molar-refractivity contribution in [3.8, 4) is 5.75 Å². The number of hydrogen-bond donors (Lipinski definition) is 2. The summed E-state index contributed by atoms with van der Waals surface area (Å²) in [6, 6.07) is 2.31. The van der Waals surface area contributed by atoms with Crippen molar-refractivity contribution >= 4 is 12.6 Å². The molecule has 0 bridgehead atoms. The van der Waals surface area contributed by atoms with Crippen molar-refractivity contribution in [2.45, 2.75) is 6.92 Å². The maximum Gasteiger partial charge on any atom is 0.492 e. The van der Waals surface area contributed by atoms with Crippen molar-refractivity contribution in [3.05, 3.63) is 23.5 Å². The molecule has 0 heterocycles. The summed E-state index contributed by atoms with van der Waals surface area (Å²) in [6.45, 7) is 1.63. The highest BCUT2D eigenvalue weighted by Crippen LogP contribution is 2.15. The highest BCUT2D eigenvalue weighted by molar-refractivity contribution is 6.59. The number of benzene rings is 1. The van der Waals surface area contributed by atoms with Crippen LogP contribution in [-0.2, 0) is 0 Å². The zero-order valence-electron chi connectivity index (χ0n) is 7.41. The predicted molar refractivity (Wildman–Crippen MR) is 47.5 cm³/mol. The zero-order chi connectivity index (χ0) is 10.0. The van der Waals surface area contributed by atoms with Crippen LogP contribution in [0.3, 0.4) is 0 Å².